The van der Waals surface area contributed by atoms with Crippen LogP contribution in [-0.4, -0.2) is 22.6 Å². The van der Waals surface area contributed by atoms with Gasteiger partial charge in [0.1, 0.15) is 6.54 Å². The molecule has 1 heterocycles. The van der Waals surface area contributed by atoms with Gasteiger partial charge in [0.05, 0.1) is 0 Å². The Morgan fingerprint density at radius 2 is 2.10 bits per heavy atom. The van der Waals surface area contributed by atoms with Crippen LogP contribution in [0.25, 0.3) is 0 Å². The van der Waals surface area contributed by atoms with Gasteiger partial charge in [-0.25, -0.2) is 0 Å². The topological polar surface area (TPSA) is 46.1 Å². The standard InChI is InChI=1S/C16H29N3O/c1-6-10-17-13(3)14-9-8-11-19(14)12-15(20)18-16(4,5)7-2/h8-9,11,13,17H,6-7,10,12H2,1-5H3,(H,18,20). The van der Waals surface area contributed by atoms with Gasteiger partial charge in [0.2, 0.25) is 5.91 Å². The fourth-order valence-corrected chi connectivity index (χ4v) is 2.09. The van der Waals surface area contributed by atoms with Crippen molar-refractivity contribution in [3.8, 4) is 0 Å². The van der Waals surface area contributed by atoms with E-state index in [9.17, 15) is 4.79 Å². The summed E-state index contributed by atoms with van der Waals surface area (Å²) in [5, 5.41) is 6.53. The normalized spacial score (nSPS) is 13.2. The van der Waals surface area contributed by atoms with Crippen LogP contribution in [0, 0.1) is 0 Å². The summed E-state index contributed by atoms with van der Waals surface area (Å²) in [7, 11) is 0. The highest BCUT2D eigenvalue weighted by Gasteiger charge is 2.19. The third-order valence-corrected chi connectivity index (χ3v) is 3.68. The molecule has 0 aliphatic carbocycles. The molecule has 4 heteroatoms. The lowest BCUT2D eigenvalue weighted by Crippen LogP contribution is -2.44. The monoisotopic (exact) mass is 279 g/mol. The molecule has 0 bridgehead atoms. The van der Waals surface area contributed by atoms with Gasteiger partial charge in [-0.15, -0.1) is 0 Å². The van der Waals surface area contributed by atoms with Gasteiger partial charge in [-0.05, 0) is 52.3 Å². The number of nitrogens with zero attached hydrogens (tertiary/aromatic N) is 1. The Hall–Kier alpha value is -1.29. The molecule has 0 aromatic carbocycles. The largest absolute Gasteiger partial charge is 0.350 e. The number of carbonyl (C=O) groups is 1. The second kappa shape index (κ2) is 7.48. The zero-order valence-corrected chi connectivity index (χ0v) is 13.5. The lowest BCUT2D eigenvalue weighted by atomic mass is 10.0. The average Bonchev–Trinajstić information content (AvgIpc) is 2.83. The minimum Gasteiger partial charge on any atom is -0.350 e. The van der Waals surface area contributed by atoms with Gasteiger partial charge in [-0.3, -0.25) is 4.79 Å². The van der Waals surface area contributed by atoms with Crippen LogP contribution in [-0.2, 0) is 11.3 Å². The van der Waals surface area contributed by atoms with E-state index in [-0.39, 0.29) is 17.5 Å². The van der Waals surface area contributed by atoms with Crippen molar-refractivity contribution in [3.05, 3.63) is 24.0 Å². The van der Waals surface area contributed by atoms with E-state index in [2.05, 4.69) is 37.5 Å². The fraction of sp³-hybridized carbons (Fsp3) is 0.688. The zero-order valence-electron chi connectivity index (χ0n) is 13.5. The van der Waals surface area contributed by atoms with E-state index >= 15 is 0 Å². The molecule has 0 radical (unpaired) electrons. The minimum absolute atomic E-state index is 0.0667. The van der Waals surface area contributed by atoms with Crippen molar-refractivity contribution >= 4 is 5.91 Å². The zero-order chi connectivity index (χ0) is 15.2. The Morgan fingerprint density at radius 3 is 2.70 bits per heavy atom. The summed E-state index contributed by atoms with van der Waals surface area (Å²) >= 11 is 0. The van der Waals surface area contributed by atoms with E-state index in [1.165, 1.54) is 0 Å². The first kappa shape index (κ1) is 16.8. The maximum Gasteiger partial charge on any atom is 0.240 e. The van der Waals surface area contributed by atoms with Gasteiger partial charge in [0, 0.05) is 23.5 Å². The molecule has 0 saturated carbocycles. The van der Waals surface area contributed by atoms with Gasteiger partial charge < -0.3 is 15.2 Å². The lowest BCUT2D eigenvalue weighted by Gasteiger charge is -2.25. The number of aromatic nitrogens is 1. The van der Waals surface area contributed by atoms with Crippen molar-refractivity contribution < 1.29 is 4.79 Å². The molecule has 1 aromatic heterocycles. The summed E-state index contributed by atoms with van der Waals surface area (Å²) in [6.45, 7) is 11.8. The van der Waals surface area contributed by atoms with E-state index in [1.54, 1.807) is 0 Å². The van der Waals surface area contributed by atoms with Crippen molar-refractivity contribution in [2.24, 2.45) is 0 Å². The molecule has 0 aliphatic heterocycles. The van der Waals surface area contributed by atoms with Crippen LogP contribution in [0.5, 0.6) is 0 Å². The van der Waals surface area contributed by atoms with Crippen LogP contribution in [0.1, 0.15) is 59.2 Å². The quantitative estimate of drug-likeness (QED) is 0.768. The average molecular weight is 279 g/mol. The Labute approximate surface area is 122 Å². The molecule has 4 nitrogen and oxygen atoms in total. The molecule has 1 atom stereocenters. The molecule has 1 amide bonds. The van der Waals surface area contributed by atoms with Crippen molar-refractivity contribution in [1.82, 2.24) is 15.2 Å². The first-order chi connectivity index (χ1) is 9.39. The Bertz CT molecular complexity index is 423. The van der Waals surface area contributed by atoms with Crippen LogP contribution < -0.4 is 10.6 Å². The van der Waals surface area contributed by atoms with Crippen LogP contribution in [0.4, 0.5) is 0 Å². The lowest BCUT2D eigenvalue weighted by molar-refractivity contribution is -0.123. The predicted octanol–water partition coefficient (Wildman–Crippen LogP) is 2.85. The maximum atomic E-state index is 12.1. The second-order valence-corrected chi connectivity index (χ2v) is 6.02. The summed E-state index contributed by atoms with van der Waals surface area (Å²) in [5.41, 5.74) is 1.01. The van der Waals surface area contributed by atoms with E-state index in [1.807, 2.05) is 30.7 Å². The highest BCUT2D eigenvalue weighted by molar-refractivity contribution is 5.76. The molecule has 0 saturated heterocycles. The molecule has 1 aromatic rings. The molecule has 1 rings (SSSR count). The number of hydrogen-bond acceptors (Lipinski definition) is 2. The number of rotatable bonds is 8. The molecule has 0 aliphatic rings. The summed E-state index contributed by atoms with van der Waals surface area (Å²) in [6.07, 6.45) is 4.00. The number of hydrogen-bond donors (Lipinski definition) is 2. The summed E-state index contributed by atoms with van der Waals surface area (Å²) < 4.78 is 2.02. The SMILES string of the molecule is CCCNC(C)c1cccn1CC(=O)NC(C)(C)CC. The van der Waals surface area contributed by atoms with Gasteiger partial charge in [0.15, 0.2) is 0 Å². The van der Waals surface area contributed by atoms with Crippen LogP contribution in [0.15, 0.2) is 18.3 Å². The number of carbonyl (C=O) groups excluding carboxylic acids is 1. The van der Waals surface area contributed by atoms with E-state index < -0.39 is 0 Å². The van der Waals surface area contributed by atoms with Crippen LogP contribution in [0.2, 0.25) is 0 Å². The molecule has 20 heavy (non-hydrogen) atoms. The molecular weight excluding hydrogens is 250 g/mol. The van der Waals surface area contributed by atoms with Crippen molar-refractivity contribution in [2.45, 2.75) is 65.6 Å². The molecule has 1 unspecified atom stereocenters. The first-order valence-electron chi connectivity index (χ1n) is 7.59. The van der Waals surface area contributed by atoms with E-state index in [4.69, 9.17) is 0 Å². The summed E-state index contributed by atoms with van der Waals surface area (Å²) in [5.74, 6) is 0.0667. The van der Waals surface area contributed by atoms with Gasteiger partial charge in [0.25, 0.3) is 0 Å². The Balaban J connectivity index is 2.65. The molecule has 0 fully saturated rings. The second-order valence-electron chi connectivity index (χ2n) is 6.02. The summed E-state index contributed by atoms with van der Waals surface area (Å²) in [4.78, 5) is 12.1. The first-order valence-corrected chi connectivity index (χ1v) is 7.59. The van der Waals surface area contributed by atoms with E-state index in [0.717, 1.165) is 25.1 Å². The predicted molar refractivity (Wildman–Crippen MR) is 83.7 cm³/mol. The van der Waals surface area contributed by atoms with Crippen molar-refractivity contribution in [3.63, 3.8) is 0 Å². The van der Waals surface area contributed by atoms with Crippen molar-refractivity contribution in [2.75, 3.05) is 6.54 Å². The Morgan fingerprint density at radius 1 is 1.40 bits per heavy atom. The van der Waals surface area contributed by atoms with Crippen LogP contribution in [0.3, 0.4) is 0 Å². The van der Waals surface area contributed by atoms with Crippen molar-refractivity contribution in [1.29, 1.82) is 0 Å². The number of nitrogens with one attached hydrogen (secondary N) is 2. The molecule has 0 spiro atoms. The van der Waals surface area contributed by atoms with Gasteiger partial charge in [-0.1, -0.05) is 13.8 Å². The third kappa shape index (κ3) is 5.00. The fourth-order valence-electron chi connectivity index (χ4n) is 2.09. The maximum absolute atomic E-state index is 12.1. The highest BCUT2D eigenvalue weighted by atomic mass is 16.2. The summed E-state index contributed by atoms with van der Waals surface area (Å²) in [6, 6.07) is 4.33. The van der Waals surface area contributed by atoms with Gasteiger partial charge in [-0.2, -0.15) is 0 Å². The van der Waals surface area contributed by atoms with E-state index in [0.29, 0.717) is 6.54 Å². The minimum atomic E-state index is -0.142. The smallest absolute Gasteiger partial charge is 0.240 e. The van der Waals surface area contributed by atoms with Crippen LogP contribution >= 0.6 is 0 Å². The van der Waals surface area contributed by atoms with Gasteiger partial charge >= 0.3 is 0 Å². The number of amides is 1. The highest BCUT2D eigenvalue weighted by Crippen LogP contribution is 2.14. The molecule has 114 valence electrons. The third-order valence-electron chi connectivity index (χ3n) is 3.68. The Kier molecular flexibility index (Phi) is 6.27. The molecule has 2 N–H and O–H groups in total. The molecular formula is C16H29N3O.